The van der Waals surface area contributed by atoms with Crippen molar-refractivity contribution in [1.82, 2.24) is 10.6 Å². The van der Waals surface area contributed by atoms with Crippen LogP contribution in [0.15, 0.2) is 0 Å². The molecule has 0 aromatic rings. The number of urea groups is 1. The Hall–Kier alpha value is -1.10. The van der Waals surface area contributed by atoms with Gasteiger partial charge in [0.25, 0.3) is 0 Å². The summed E-state index contributed by atoms with van der Waals surface area (Å²) in [7, 11) is 1.55. The van der Waals surface area contributed by atoms with Crippen molar-refractivity contribution in [3.05, 3.63) is 0 Å². The molecule has 0 unspecified atom stereocenters. The van der Waals surface area contributed by atoms with Crippen LogP contribution in [0.4, 0.5) is 4.79 Å². The van der Waals surface area contributed by atoms with E-state index < -0.39 is 6.04 Å². The maximum Gasteiger partial charge on any atom is 0.315 e. The van der Waals surface area contributed by atoms with E-state index in [0.29, 0.717) is 13.2 Å². The van der Waals surface area contributed by atoms with Gasteiger partial charge in [0.1, 0.15) is 0 Å². The second kappa shape index (κ2) is 7.32. The van der Waals surface area contributed by atoms with E-state index in [0.717, 1.165) is 0 Å². The van der Waals surface area contributed by atoms with E-state index in [2.05, 4.69) is 10.6 Å². The summed E-state index contributed by atoms with van der Waals surface area (Å²) in [6, 6.07) is -0.929. The molecule has 1 radical (unpaired) electrons. The molecule has 5 heteroatoms. The number of hydrogen-bond donors (Lipinski definition) is 2. The molecule has 0 aliphatic rings. The minimum atomic E-state index is -0.558. The van der Waals surface area contributed by atoms with Crippen molar-refractivity contribution in [2.75, 3.05) is 20.3 Å². The number of nitrogens with one attached hydrogen (secondary N) is 2. The molecule has 2 N–H and O–H groups in total. The van der Waals surface area contributed by atoms with Crippen molar-refractivity contribution in [2.24, 2.45) is 5.92 Å². The smallest absolute Gasteiger partial charge is 0.315 e. The van der Waals surface area contributed by atoms with E-state index in [9.17, 15) is 9.59 Å². The number of rotatable bonds is 6. The van der Waals surface area contributed by atoms with Gasteiger partial charge in [-0.25, -0.2) is 4.79 Å². The molecule has 0 saturated carbocycles. The number of amides is 2. The van der Waals surface area contributed by atoms with E-state index >= 15 is 0 Å². The number of ether oxygens (including phenoxy) is 1. The fourth-order valence-corrected chi connectivity index (χ4v) is 0.791. The number of methoxy groups -OCH3 is 1. The molecular formula is C9H17N2O3. The van der Waals surface area contributed by atoms with Crippen LogP contribution >= 0.6 is 0 Å². The lowest BCUT2D eigenvalue weighted by Crippen LogP contribution is -2.46. The van der Waals surface area contributed by atoms with Crippen molar-refractivity contribution in [1.29, 1.82) is 0 Å². The van der Waals surface area contributed by atoms with Crippen LogP contribution in [-0.2, 0) is 9.53 Å². The van der Waals surface area contributed by atoms with E-state index in [1.54, 1.807) is 13.4 Å². The maximum absolute atomic E-state index is 11.1. The molecule has 5 nitrogen and oxygen atoms in total. The molecule has 2 amide bonds. The van der Waals surface area contributed by atoms with Gasteiger partial charge in [-0.15, -0.1) is 0 Å². The van der Waals surface area contributed by atoms with E-state index in [1.165, 1.54) is 0 Å². The third kappa shape index (κ3) is 5.53. The number of carbonyl (C=O) groups is 1. The highest BCUT2D eigenvalue weighted by molar-refractivity contribution is 5.78. The third-order valence-corrected chi connectivity index (χ3v) is 1.67. The Kier molecular flexibility index (Phi) is 6.74. The van der Waals surface area contributed by atoms with Crippen LogP contribution in [-0.4, -0.2) is 38.6 Å². The largest absolute Gasteiger partial charge is 0.383 e. The van der Waals surface area contributed by atoms with Crippen LogP contribution < -0.4 is 10.6 Å². The molecule has 0 aliphatic carbocycles. The van der Waals surface area contributed by atoms with E-state index in [4.69, 9.17) is 4.74 Å². The molecule has 81 valence electrons. The maximum atomic E-state index is 11.1. The minimum Gasteiger partial charge on any atom is -0.383 e. The Bertz CT molecular complexity index is 183. The van der Waals surface area contributed by atoms with Crippen LogP contribution in [0.1, 0.15) is 13.8 Å². The first-order chi connectivity index (χ1) is 6.61. The fourth-order valence-electron chi connectivity index (χ4n) is 0.791. The molecule has 0 bridgehead atoms. The second-order valence-corrected chi connectivity index (χ2v) is 3.23. The molecule has 0 aromatic carbocycles. The number of hydrogen-bond acceptors (Lipinski definition) is 3. The highest BCUT2D eigenvalue weighted by Gasteiger charge is 2.15. The van der Waals surface area contributed by atoms with Gasteiger partial charge in [-0.05, 0) is 5.92 Å². The van der Waals surface area contributed by atoms with Gasteiger partial charge in [0.15, 0.2) is 0 Å². The average Bonchev–Trinajstić information content (AvgIpc) is 2.14. The Labute approximate surface area is 84.2 Å². The number of carbonyl (C=O) groups excluding carboxylic acids is 2. The monoisotopic (exact) mass is 201 g/mol. The zero-order valence-electron chi connectivity index (χ0n) is 8.79. The Morgan fingerprint density at radius 3 is 2.57 bits per heavy atom. The van der Waals surface area contributed by atoms with Crippen LogP contribution in [0.3, 0.4) is 0 Å². The van der Waals surface area contributed by atoms with Gasteiger partial charge < -0.3 is 15.4 Å². The predicted molar refractivity (Wildman–Crippen MR) is 52.7 cm³/mol. The lowest BCUT2D eigenvalue weighted by molar-refractivity contribution is 0.195. The lowest BCUT2D eigenvalue weighted by atomic mass is 10.1. The molecule has 0 aliphatic heterocycles. The Morgan fingerprint density at radius 1 is 1.50 bits per heavy atom. The fraction of sp³-hybridized carbons (Fsp3) is 0.778. The summed E-state index contributed by atoms with van der Waals surface area (Å²) in [6.07, 6.45) is 1.77. The molecular weight excluding hydrogens is 184 g/mol. The molecule has 0 rings (SSSR count). The summed E-state index contributed by atoms with van der Waals surface area (Å²) in [5, 5.41) is 5.05. The topological polar surface area (TPSA) is 67.4 Å². The van der Waals surface area contributed by atoms with Gasteiger partial charge in [-0.3, -0.25) is 4.79 Å². The quantitative estimate of drug-likeness (QED) is 0.597. The highest BCUT2D eigenvalue weighted by atomic mass is 16.5. The molecule has 0 saturated heterocycles. The van der Waals surface area contributed by atoms with Gasteiger partial charge in [0, 0.05) is 13.7 Å². The summed E-state index contributed by atoms with van der Waals surface area (Å²) in [6.45, 7) is 4.55. The van der Waals surface area contributed by atoms with Gasteiger partial charge in [0.2, 0.25) is 6.29 Å². The minimum absolute atomic E-state index is 0.0423. The van der Waals surface area contributed by atoms with E-state index in [1.807, 2.05) is 13.8 Å². The van der Waals surface area contributed by atoms with Crippen molar-refractivity contribution < 1.29 is 14.3 Å². The summed E-state index contributed by atoms with van der Waals surface area (Å²) >= 11 is 0. The van der Waals surface area contributed by atoms with Crippen molar-refractivity contribution in [3.63, 3.8) is 0 Å². The summed E-state index contributed by atoms with van der Waals surface area (Å²) < 4.78 is 4.75. The first-order valence-corrected chi connectivity index (χ1v) is 4.52. The normalized spacial score (nSPS) is 12.3. The third-order valence-electron chi connectivity index (χ3n) is 1.67. The molecule has 0 aromatic heterocycles. The average molecular weight is 201 g/mol. The molecule has 0 heterocycles. The van der Waals surface area contributed by atoms with Gasteiger partial charge in [-0.2, -0.15) is 0 Å². The predicted octanol–water partition coefficient (Wildman–Crippen LogP) is 0.0663. The highest BCUT2D eigenvalue weighted by Crippen LogP contribution is 1.97. The molecule has 0 spiro atoms. The molecule has 14 heavy (non-hydrogen) atoms. The zero-order chi connectivity index (χ0) is 11.0. The molecule has 0 fully saturated rings. The van der Waals surface area contributed by atoms with Crippen LogP contribution in [0.2, 0.25) is 0 Å². The molecule has 1 atom stereocenters. The van der Waals surface area contributed by atoms with Crippen LogP contribution in [0.5, 0.6) is 0 Å². The lowest BCUT2D eigenvalue weighted by Gasteiger charge is -2.15. The standard InChI is InChI=1S/C9H17N2O3/c1-7(2)8(6-12)11-9(13)10-4-5-14-3/h7-8H,4-5H2,1-3H3,(H2,10,11,13)/t8-/m1/s1. The summed E-state index contributed by atoms with van der Waals surface area (Å²) in [5.74, 6) is 0.0423. The van der Waals surface area contributed by atoms with Gasteiger partial charge in [-0.1, -0.05) is 13.8 Å². The van der Waals surface area contributed by atoms with Crippen LogP contribution in [0, 0.1) is 5.92 Å². The zero-order valence-corrected chi connectivity index (χ0v) is 8.79. The Morgan fingerprint density at radius 2 is 2.14 bits per heavy atom. The summed E-state index contributed by atoms with van der Waals surface area (Å²) in [5.41, 5.74) is 0. The van der Waals surface area contributed by atoms with Gasteiger partial charge >= 0.3 is 6.03 Å². The van der Waals surface area contributed by atoms with Gasteiger partial charge in [0.05, 0.1) is 12.6 Å². The van der Waals surface area contributed by atoms with Crippen molar-refractivity contribution >= 4 is 12.3 Å². The van der Waals surface area contributed by atoms with E-state index in [-0.39, 0.29) is 11.9 Å². The SMILES string of the molecule is COCCNC(=O)N[C@H]([C]=O)C(C)C. The first kappa shape index (κ1) is 12.9. The summed E-state index contributed by atoms with van der Waals surface area (Å²) in [4.78, 5) is 21.6. The first-order valence-electron chi connectivity index (χ1n) is 4.52. The van der Waals surface area contributed by atoms with Crippen LogP contribution in [0.25, 0.3) is 0 Å². The van der Waals surface area contributed by atoms with Crippen molar-refractivity contribution in [3.8, 4) is 0 Å². The van der Waals surface area contributed by atoms with Crippen molar-refractivity contribution in [2.45, 2.75) is 19.9 Å². The Balaban J connectivity index is 3.73. The second-order valence-electron chi connectivity index (χ2n) is 3.23.